The number of nitrogens with two attached hydrogens (primary N) is 1. The summed E-state index contributed by atoms with van der Waals surface area (Å²) in [6.07, 6.45) is 53.5. The molecule has 58 heavy (non-hydrogen) atoms. The highest BCUT2D eigenvalue weighted by Gasteiger charge is 2.25. The quantitative estimate of drug-likeness (QED) is 0.0269. The van der Waals surface area contributed by atoms with Gasteiger partial charge in [-0.05, 0) is 64.2 Å². The molecule has 0 aliphatic heterocycles. The fraction of sp³-hybridized carbons (Fsp3) is 0.898. The third-order valence-corrected chi connectivity index (χ3v) is 11.8. The number of carbonyl (C=O) groups excluding carboxylic acids is 1. The number of hydrogen-bond acceptors (Lipinski definition) is 7. The summed E-state index contributed by atoms with van der Waals surface area (Å²) in [4.78, 5) is 22.5. The summed E-state index contributed by atoms with van der Waals surface area (Å²) >= 11 is 0. The van der Waals surface area contributed by atoms with Crippen LogP contribution in [0.1, 0.15) is 245 Å². The summed E-state index contributed by atoms with van der Waals surface area (Å²) in [7, 11) is -4.28. The van der Waals surface area contributed by atoms with E-state index in [0.717, 1.165) is 44.9 Å². The van der Waals surface area contributed by atoms with Gasteiger partial charge in [-0.2, -0.15) is 0 Å². The van der Waals surface area contributed by atoms with Gasteiger partial charge in [-0.1, -0.05) is 199 Å². The Morgan fingerprint density at radius 2 is 0.862 bits per heavy atom. The van der Waals surface area contributed by atoms with Crippen LogP contribution < -0.4 is 5.73 Å². The number of ether oxygens (including phenoxy) is 2. The van der Waals surface area contributed by atoms with Crippen molar-refractivity contribution in [3.8, 4) is 0 Å². The topological polar surface area (TPSA) is 117 Å². The minimum atomic E-state index is -4.28. The van der Waals surface area contributed by atoms with E-state index in [1.165, 1.54) is 180 Å². The van der Waals surface area contributed by atoms with Gasteiger partial charge in [0.1, 0.15) is 6.10 Å². The van der Waals surface area contributed by atoms with Crippen molar-refractivity contribution in [2.24, 2.45) is 5.73 Å². The predicted octanol–water partition coefficient (Wildman–Crippen LogP) is 15.2. The molecule has 0 aliphatic rings. The lowest BCUT2D eigenvalue weighted by Gasteiger charge is -2.20. The monoisotopic (exact) mass is 842 g/mol. The van der Waals surface area contributed by atoms with E-state index in [4.69, 9.17) is 24.3 Å². The van der Waals surface area contributed by atoms with Crippen LogP contribution in [0.5, 0.6) is 0 Å². The van der Waals surface area contributed by atoms with E-state index in [2.05, 4.69) is 38.2 Å². The van der Waals surface area contributed by atoms with Crippen molar-refractivity contribution in [1.82, 2.24) is 0 Å². The molecule has 0 saturated heterocycles. The van der Waals surface area contributed by atoms with Crippen molar-refractivity contribution in [3.05, 3.63) is 24.3 Å². The predicted molar refractivity (Wildman–Crippen MR) is 247 cm³/mol. The summed E-state index contributed by atoms with van der Waals surface area (Å²) in [5.41, 5.74) is 5.38. The number of allylic oxidation sites excluding steroid dienone is 4. The van der Waals surface area contributed by atoms with Gasteiger partial charge in [-0.3, -0.25) is 13.8 Å². The van der Waals surface area contributed by atoms with E-state index in [-0.39, 0.29) is 32.3 Å². The molecule has 344 valence electrons. The van der Waals surface area contributed by atoms with E-state index >= 15 is 0 Å². The minimum Gasteiger partial charge on any atom is -0.457 e. The summed E-state index contributed by atoms with van der Waals surface area (Å²) in [6.45, 7) is 4.95. The van der Waals surface area contributed by atoms with Gasteiger partial charge in [0.15, 0.2) is 0 Å². The maximum atomic E-state index is 12.6. The number of phosphoric ester groups is 1. The average Bonchev–Trinajstić information content (AvgIpc) is 3.21. The van der Waals surface area contributed by atoms with Gasteiger partial charge in [0.25, 0.3) is 0 Å². The molecular formula is C49H96NO7P. The molecule has 3 N–H and O–H groups in total. The van der Waals surface area contributed by atoms with E-state index in [0.29, 0.717) is 13.0 Å². The molecule has 2 atom stereocenters. The number of phosphoric acid groups is 1. The average molecular weight is 842 g/mol. The Balaban J connectivity index is 3.90. The lowest BCUT2D eigenvalue weighted by molar-refractivity contribution is -0.154. The lowest BCUT2D eigenvalue weighted by atomic mass is 10.0. The molecule has 0 aliphatic carbocycles. The van der Waals surface area contributed by atoms with Gasteiger partial charge in [0, 0.05) is 19.6 Å². The van der Waals surface area contributed by atoms with Gasteiger partial charge in [0.2, 0.25) is 0 Å². The van der Waals surface area contributed by atoms with Crippen molar-refractivity contribution in [2.45, 2.75) is 251 Å². The molecule has 8 nitrogen and oxygen atoms in total. The summed E-state index contributed by atoms with van der Waals surface area (Å²) < 4.78 is 33.5. The second-order valence-electron chi connectivity index (χ2n) is 16.7. The van der Waals surface area contributed by atoms with Crippen LogP contribution in [0.2, 0.25) is 0 Å². The summed E-state index contributed by atoms with van der Waals surface area (Å²) in [5.74, 6) is -0.335. The fourth-order valence-corrected chi connectivity index (χ4v) is 7.93. The van der Waals surface area contributed by atoms with Crippen LogP contribution in [0.15, 0.2) is 24.3 Å². The number of unbranched alkanes of at least 4 members (excludes halogenated alkanes) is 31. The van der Waals surface area contributed by atoms with Crippen molar-refractivity contribution in [1.29, 1.82) is 0 Å². The number of carbonyl (C=O) groups is 1. The van der Waals surface area contributed by atoms with E-state index < -0.39 is 13.9 Å². The molecule has 0 aromatic heterocycles. The standard InChI is InChI=1S/C49H96NO7P/c1-3-5-7-9-11-13-15-17-19-20-21-22-23-24-25-26-27-29-31-33-35-37-39-41-44-54-46-48(47-56-58(52,53)55-45-43-50)57-49(51)42-40-38-36-34-32-30-28-18-16-14-12-10-8-6-4-2/h18,20-21,28,48H,3-17,19,22-27,29-47,50H2,1-2H3,(H,52,53)/b21-20-,28-18-. The first-order valence-electron chi connectivity index (χ1n) is 24.8. The molecule has 0 fully saturated rings. The molecule has 2 unspecified atom stereocenters. The highest BCUT2D eigenvalue weighted by molar-refractivity contribution is 7.47. The van der Waals surface area contributed by atoms with Crippen LogP contribution in [-0.2, 0) is 27.9 Å². The van der Waals surface area contributed by atoms with Crippen molar-refractivity contribution in [3.63, 3.8) is 0 Å². The van der Waals surface area contributed by atoms with Crippen LogP contribution in [0.3, 0.4) is 0 Å². The van der Waals surface area contributed by atoms with Crippen LogP contribution >= 0.6 is 7.82 Å². The highest BCUT2D eigenvalue weighted by Crippen LogP contribution is 2.43. The molecule has 0 radical (unpaired) electrons. The second-order valence-corrected chi connectivity index (χ2v) is 18.1. The summed E-state index contributed by atoms with van der Waals surface area (Å²) in [6, 6.07) is 0. The first-order valence-corrected chi connectivity index (χ1v) is 26.3. The third-order valence-electron chi connectivity index (χ3n) is 10.8. The zero-order valence-corrected chi connectivity index (χ0v) is 39.2. The van der Waals surface area contributed by atoms with Gasteiger partial charge in [-0.25, -0.2) is 4.57 Å². The van der Waals surface area contributed by atoms with Crippen LogP contribution in [0.25, 0.3) is 0 Å². The summed E-state index contributed by atoms with van der Waals surface area (Å²) in [5, 5.41) is 0. The molecule has 9 heteroatoms. The normalized spacial score (nSPS) is 13.5. The fourth-order valence-electron chi connectivity index (χ4n) is 7.16. The zero-order valence-electron chi connectivity index (χ0n) is 38.3. The van der Waals surface area contributed by atoms with Crippen molar-refractivity contribution < 1.29 is 32.8 Å². The SMILES string of the molecule is CCCCCCCC/C=C\CCCCCCCC(=O)OC(COCCCCCCCCCCCCCC/C=C\CCCCCCCCCC)COP(=O)(O)OCCN. The molecule has 0 spiro atoms. The molecule has 0 amide bonds. The maximum absolute atomic E-state index is 12.6. The molecular weight excluding hydrogens is 746 g/mol. The Bertz CT molecular complexity index is 946. The van der Waals surface area contributed by atoms with Gasteiger partial charge < -0.3 is 20.1 Å². The molecule has 0 saturated carbocycles. The lowest BCUT2D eigenvalue weighted by Crippen LogP contribution is -2.28. The first kappa shape index (κ1) is 57.0. The van der Waals surface area contributed by atoms with Crippen LogP contribution in [-0.4, -0.2) is 49.9 Å². The van der Waals surface area contributed by atoms with E-state index in [9.17, 15) is 14.3 Å². The number of esters is 1. The van der Waals surface area contributed by atoms with E-state index in [1.54, 1.807) is 0 Å². The van der Waals surface area contributed by atoms with Crippen LogP contribution in [0, 0.1) is 0 Å². The Labute approximate surface area is 359 Å². The highest BCUT2D eigenvalue weighted by atomic mass is 31.2. The molecule has 0 bridgehead atoms. The molecule has 0 rings (SSSR count). The van der Waals surface area contributed by atoms with Gasteiger partial charge in [0.05, 0.1) is 19.8 Å². The van der Waals surface area contributed by atoms with Crippen molar-refractivity contribution in [2.75, 3.05) is 33.0 Å². The Kier molecular flexibility index (Phi) is 46.2. The minimum absolute atomic E-state index is 0.0953. The first-order chi connectivity index (χ1) is 28.4. The van der Waals surface area contributed by atoms with E-state index in [1.807, 2.05) is 0 Å². The largest absolute Gasteiger partial charge is 0.472 e. The second kappa shape index (κ2) is 47.0. The van der Waals surface area contributed by atoms with Crippen molar-refractivity contribution >= 4 is 13.8 Å². The Morgan fingerprint density at radius 3 is 1.26 bits per heavy atom. The van der Waals surface area contributed by atoms with Gasteiger partial charge >= 0.3 is 13.8 Å². The third kappa shape index (κ3) is 46.1. The molecule has 0 aromatic rings. The van der Waals surface area contributed by atoms with Gasteiger partial charge in [-0.15, -0.1) is 0 Å². The molecule has 0 aromatic carbocycles. The smallest absolute Gasteiger partial charge is 0.457 e. The Hall–Kier alpha value is -1.02. The number of rotatable bonds is 48. The van der Waals surface area contributed by atoms with Crippen LogP contribution in [0.4, 0.5) is 0 Å². The zero-order chi connectivity index (χ0) is 42.3. The molecule has 0 heterocycles. The Morgan fingerprint density at radius 1 is 0.500 bits per heavy atom. The maximum Gasteiger partial charge on any atom is 0.472 e. The number of hydrogen-bond donors (Lipinski definition) is 2.